The van der Waals surface area contributed by atoms with Gasteiger partial charge in [-0.2, -0.15) is 0 Å². The topological polar surface area (TPSA) is 102 Å². The lowest BCUT2D eigenvalue weighted by molar-refractivity contribution is 0.0647. The molecule has 3 heterocycles. The van der Waals surface area contributed by atoms with E-state index in [0.717, 1.165) is 21.3 Å². The van der Waals surface area contributed by atoms with E-state index in [-0.39, 0.29) is 24.7 Å². The maximum absolute atomic E-state index is 13.3. The van der Waals surface area contributed by atoms with Gasteiger partial charge in [0.15, 0.2) is 0 Å². The summed E-state index contributed by atoms with van der Waals surface area (Å²) in [6.07, 6.45) is 0.480. The fourth-order valence-electron chi connectivity index (χ4n) is 4.90. The van der Waals surface area contributed by atoms with Crippen LogP contribution < -0.4 is 14.8 Å². The molecule has 2 aromatic heterocycles. The Bertz CT molecular complexity index is 1500. The quantitative estimate of drug-likeness (QED) is 0.223. The van der Waals surface area contributed by atoms with Gasteiger partial charge in [-0.05, 0) is 67.3 Å². The van der Waals surface area contributed by atoms with Gasteiger partial charge in [-0.3, -0.25) is 4.79 Å². The van der Waals surface area contributed by atoms with Crippen molar-refractivity contribution in [3.05, 3.63) is 76.8 Å². The number of aromatic nitrogens is 1. The molecular formula is C31H35N3O6S. The summed E-state index contributed by atoms with van der Waals surface area (Å²) in [5.74, 6) is 1.19. The Hall–Kier alpha value is -4.02. The number of fused-ring (bicyclic) bond motifs is 1. The van der Waals surface area contributed by atoms with Crippen LogP contribution in [0.4, 0.5) is 10.5 Å². The molecule has 0 radical (unpaired) electrons. The van der Waals surface area contributed by atoms with Crippen molar-refractivity contribution in [3.63, 3.8) is 0 Å². The maximum Gasteiger partial charge on any atom is 0.407 e. The third-order valence-electron chi connectivity index (χ3n) is 7.21. The molecule has 1 fully saturated rings. The number of hydrogen-bond acceptors (Lipinski definition) is 6. The average molecular weight is 578 g/mol. The van der Waals surface area contributed by atoms with Crippen molar-refractivity contribution in [1.82, 2.24) is 9.47 Å². The van der Waals surface area contributed by atoms with E-state index in [1.165, 1.54) is 4.90 Å². The summed E-state index contributed by atoms with van der Waals surface area (Å²) in [7, 11) is 1.90. The lowest BCUT2D eigenvalue weighted by atomic mass is 10.1. The highest BCUT2D eigenvalue weighted by Gasteiger charge is 2.23. The number of rotatable bonds is 10. The maximum atomic E-state index is 13.3. The number of nitrogens with one attached hydrogen (secondary N) is 1. The first kappa shape index (κ1) is 28.5. The number of nitrogens with zero attached hydrogens (tertiary/aromatic N) is 2. The molecular weight excluding hydrogens is 542 g/mol. The molecule has 2 aromatic carbocycles. The molecule has 0 unspecified atom stereocenters. The molecule has 1 aliphatic rings. The summed E-state index contributed by atoms with van der Waals surface area (Å²) >= 11 is 1.61. The summed E-state index contributed by atoms with van der Waals surface area (Å²) in [6, 6.07) is 17.1. The fraction of sp³-hybridized carbons (Fsp3) is 0.355. The number of hydrogen-bond donors (Lipinski definition) is 2. The van der Waals surface area contributed by atoms with Gasteiger partial charge in [0.1, 0.15) is 29.9 Å². The van der Waals surface area contributed by atoms with Crippen LogP contribution in [-0.4, -0.2) is 51.9 Å². The minimum absolute atomic E-state index is 0.0172. The van der Waals surface area contributed by atoms with Crippen LogP contribution >= 0.6 is 11.3 Å². The molecule has 0 bridgehead atoms. The van der Waals surface area contributed by atoms with E-state index in [1.807, 2.05) is 85.4 Å². The number of carbonyl (C=O) groups is 2. The van der Waals surface area contributed by atoms with Crippen LogP contribution in [0.3, 0.4) is 0 Å². The SMILES string of the molecule is CC(C)OCc1cccc(NC(=O)c2cc3sccc3n2C)c1COc1ccc(OC2CCN(C(=O)O)CC2)cc1. The van der Waals surface area contributed by atoms with Gasteiger partial charge in [0, 0.05) is 44.2 Å². The van der Waals surface area contributed by atoms with E-state index in [0.29, 0.717) is 55.4 Å². The smallest absolute Gasteiger partial charge is 0.407 e. The Balaban J connectivity index is 1.27. The number of benzene rings is 2. The van der Waals surface area contributed by atoms with Crippen LogP contribution in [0.1, 0.15) is 48.3 Å². The molecule has 4 aromatic rings. The minimum Gasteiger partial charge on any atom is -0.490 e. The number of likely N-dealkylation sites (tertiary alicyclic amines) is 1. The highest BCUT2D eigenvalue weighted by molar-refractivity contribution is 7.17. The lowest BCUT2D eigenvalue weighted by Crippen LogP contribution is -2.41. The number of thiophene rings is 1. The normalized spacial score (nSPS) is 14.0. The third-order valence-corrected chi connectivity index (χ3v) is 8.07. The Morgan fingerprint density at radius 3 is 2.46 bits per heavy atom. The number of ether oxygens (including phenoxy) is 3. The van der Waals surface area contributed by atoms with E-state index in [2.05, 4.69) is 5.32 Å². The van der Waals surface area contributed by atoms with Crippen molar-refractivity contribution >= 4 is 39.2 Å². The van der Waals surface area contributed by atoms with Crippen molar-refractivity contribution in [2.75, 3.05) is 18.4 Å². The molecule has 2 N–H and O–H groups in total. The zero-order chi connectivity index (χ0) is 28.9. The second-order valence-electron chi connectivity index (χ2n) is 10.4. The largest absolute Gasteiger partial charge is 0.490 e. The van der Waals surface area contributed by atoms with Gasteiger partial charge in [-0.15, -0.1) is 11.3 Å². The molecule has 41 heavy (non-hydrogen) atoms. The van der Waals surface area contributed by atoms with Gasteiger partial charge in [0.25, 0.3) is 5.91 Å². The Labute approximate surface area is 243 Å². The monoisotopic (exact) mass is 577 g/mol. The molecule has 9 nitrogen and oxygen atoms in total. The standard InChI is InChI=1S/C31H35N3O6S/c1-20(2)38-18-21-5-4-6-26(32-30(35)28-17-29-27(33(28)3)13-16-41-29)25(21)19-39-22-7-9-23(10-8-22)40-24-11-14-34(15-12-24)31(36)37/h4-10,13,16-17,20,24H,11-12,14-15,18-19H2,1-3H3,(H,32,35)(H,36,37). The van der Waals surface area contributed by atoms with Crippen molar-refractivity contribution < 1.29 is 28.9 Å². The number of carbonyl (C=O) groups excluding carboxylic acids is 1. The Morgan fingerprint density at radius 2 is 1.78 bits per heavy atom. The Kier molecular flexibility index (Phi) is 8.80. The zero-order valence-corrected chi connectivity index (χ0v) is 24.3. The predicted octanol–water partition coefficient (Wildman–Crippen LogP) is 6.52. The molecule has 2 amide bonds. The second kappa shape index (κ2) is 12.7. The highest BCUT2D eigenvalue weighted by Crippen LogP contribution is 2.28. The van der Waals surface area contributed by atoms with Crippen LogP contribution in [0.2, 0.25) is 0 Å². The van der Waals surface area contributed by atoms with Crippen LogP contribution in [0.15, 0.2) is 60.0 Å². The van der Waals surface area contributed by atoms with Crippen LogP contribution in [0, 0.1) is 0 Å². The number of piperidine rings is 1. The van der Waals surface area contributed by atoms with Gasteiger partial charge in [0.2, 0.25) is 0 Å². The molecule has 1 aliphatic heterocycles. The van der Waals surface area contributed by atoms with E-state index >= 15 is 0 Å². The molecule has 0 spiro atoms. The van der Waals surface area contributed by atoms with Crippen LogP contribution in [-0.2, 0) is 25.0 Å². The van der Waals surface area contributed by atoms with Gasteiger partial charge in [-0.25, -0.2) is 4.79 Å². The zero-order valence-electron chi connectivity index (χ0n) is 23.5. The summed E-state index contributed by atoms with van der Waals surface area (Å²) in [5, 5.41) is 14.2. The number of amides is 2. The van der Waals surface area contributed by atoms with Crippen molar-refractivity contribution in [2.24, 2.45) is 7.05 Å². The van der Waals surface area contributed by atoms with Crippen molar-refractivity contribution in [1.29, 1.82) is 0 Å². The van der Waals surface area contributed by atoms with E-state index < -0.39 is 6.09 Å². The van der Waals surface area contributed by atoms with Crippen molar-refractivity contribution in [3.8, 4) is 11.5 Å². The summed E-state index contributed by atoms with van der Waals surface area (Å²) < 4.78 is 21.1. The minimum atomic E-state index is -0.884. The Morgan fingerprint density at radius 1 is 1.05 bits per heavy atom. The molecule has 0 saturated carbocycles. The predicted molar refractivity (Wildman–Crippen MR) is 159 cm³/mol. The summed E-state index contributed by atoms with van der Waals surface area (Å²) in [5.41, 5.74) is 4.09. The molecule has 0 aliphatic carbocycles. The number of anilines is 1. The molecule has 216 valence electrons. The van der Waals surface area contributed by atoms with Crippen LogP contribution in [0.5, 0.6) is 11.5 Å². The van der Waals surface area contributed by atoms with Crippen LogP contribution in [0.25, 0.3) is 10.2 Å². The second-order valence-corrected chi connectivity index (χ2v) is 11.3. The van der Waals surface area contributed by atoms with Gasteiger partial charge < -0.3 is 34.1 Å². The number of carboxylic acid groups (broad SMARTS) is 1. The van der Waals surface area contributed by atoms with Crippen molar-refractivity contribution in [2.45, 2.75) is 52.1 Å². The van der Waals surface area contributed by atoms with E-state index in [1.54, 1.807) is 11.3 Å². The van der Waals surface area contributed by atoms with Gasteiger partial charge in [0.05, 0.1) is 22.9 Å². The molecule has 1 saturated heterocycles. The highest BCUT2D eigenvalue weighted by atomic mass is 32.1. The molecule has 10 heteroatoms. The first-order valence-corrected chi connectivity index (χ1v) is 14.6. The average Bonchev–Trinajstić information content (AvgIpc) is 3.55. The van der Waals surface area contributed by atoms with E-state index in [9.17, 15) is 9.59 Å². The van der Waals surface area contributed by atoms with Gasteiger partial charge >= 0.3 is 6.09 Å². The fourth-order valence-corrected chi connectivity index (χ4v) is 5.74. The molecule has 0 atom stereocenters. The summed E-state index contributed by atoms with van der Waals surface area (Å²) in [6.45, 7) is 5.56. The first-order valence-electron chi connectivity index (χ1n) is 13.7. The third kappa shape index (κ3) is 6.83. The number of aryl methyl sites for hydroxylation is 1. The molecule has 5 rings (SSSR count). The first-order chi connectivity index (χ1) is 19.8. The van der Waals surface area contributed by atoms with E-state index in [4.69, 9.17) is 19.3 Å². The summed E-state index contributed by atoms with van der Waals surface area (Å²) in [4.78, 5) is 25.9. The lowest BCUT2D eigenvalue weighted by Gasteiger charge is -2.30. The van der Waals surface area contributed by atoms with Gasteiger partial charge in [-0.1, -0.05) is 12.1 Å².